The number of nitrogens with zero attached hydrogens (tertiary/aromatic N) is 1. The summed E-state index contributed by atoms with van der Waals surface area (Å²) in [4.78, 5) is 24.8. The highest BCUT2D eigenvalue weighted by molar-refractivity contribution is 7.93. The van der Waals surface area contributed by atoms with Gasteiger partial charge in [0.15, 0.2) is 11.6 Å². The van der Waals surface area contributed by atoms with Crippen LogP contribution >= 0.6 is 0 Å². The van der Waals surface area contributed by atoms with Gasteiger partial charge in [0.05, 0.1) is 24.1 Å². The first-order valence-electron chi connectivity index (χ1n) is 12.8. The van der Waals surface area contributed by atoms with Gasteiger partial charge in [-0.3, -0.25) is 13.9 Å². The molecule has 10 heteroatoms. The van der Waals surface area contributed by atoms with Gasteiger partial charge in [0, 0.05) is 18.5 Å². The zero-order chi connectivity index (χ0) is 29.1. The molecule has 0 fully saturated rings. The van der Waals surface area contributed by atoms with Gasteiger partial charge in [0.25, 0.3) is 10.0 Å². The molecule has 0 spiro atoms. The number of para-hydroxylation sites is 1. The van der Waals surface area contributed by atoms with E-state index in [0.29, 0.717) is 16.8 Å². The largest absolute Gasteiger partial charge is 0.469 e. The fourth-order valence-electron chi connectivity index (χ4n) is 4.82. The molecular formula is C31H26F2N2O5S. The molecule has 0 saturated heterocycles. The number of rotatable bonds is 8. The number of benzene rings is 4. The van der Waals surface area contributed by atoms with E-state index in [1.165, 1.54) is 43.5 Å². The Morgan fingerprint density at radius 1 is 0.902 bits per heavy atom. The van der Waals surface area contributed by atoms with Crippen molar-refractivity contribution >= 4 is 27.6 Å². The summed E-state index contributed by atoms with van der Waals surface area (Å²) in [5, 5.41) is 2.83. The van der Waals surface area contributed by atoms with Gasteiger partial charge in [-0.25, -0.2) is 17.2 Å². The minimum atomic E-state index is -4.21. The molecule has 4 aromatic rings. The Hall–Kier alpha value is -4.57. The van der Waals surface area contributed by atoms with Crippen LogP contribution in [0.15, 0.2) is 95.9 Å². The first-order chi connectivity index (χ1) is 19.7. The van der Waals surface area contributed by atoms with E-state index in [9.17, 15) is 26.8 Å². The highest BCUT2D eigenvalue weighted by atomic mass is 32.2. The number of anilines is 1. The minimum absolute atomic E-state index is 0.0102. The van der Waals surface area contributed by atoms with E-state index in [1.807, 2.05) is 0 Å². The number of sulfonamides is 1. The monoisotopic (exact) mass is 576 g/mol. The Morgan fingerprint density at radius 2 is 1.59 bits per heavy atom. The van der Waals surface area contributed by atoms with Gasteiger partial charge in [-0.05, 0) is 46.5 Å². The van der Waals surface area contributed by atoms with Gasteiger partial charge in [-0.15, -0.1) is 0 Å². The minimum Gasteiger partial charge on any atom is -0.469 e. The summed E-state index contributed by atoms with van der Waals surface area (Å²) in [6.45, 7) is 0.159. The van der Waals surface area contributed by atoms with Crippen LogP contribution < -0.4 is 9.62 Å². The van der Waals surface area contributed by atoms with Crippen LogP contribution in [0.25, 0.3) is 11.1 Å². The van der Waals surface area contributed by atoms with Crippen LogP contribution in [-0.4, -0.2) is 33.4 Å². The van der Waals surface area contributed by atoms with Crippen LogP contribution in [0.1, 0.15) is 16.7 Å². The second-order valence-corrected chi connectivity index (χ2v) is 11.4. The average Bonchev–Trinajstić information content (AvgIpc) is 3.39. The molecule has 5 rings (SSSR count). The predicted molar refractivity (Wildman–Crippen MR) is 149 cm³/mol. The molecule has 0 bridgehead atoms. The smallest absolute Gasteiger partial charge is 0.309 e. The van der Waals surface area contributed by atoms with Crippen LogP contribution in [-0.2, 0) is 43.7 Å². The Bertz CT molecular complexity index is 1710. The van der Waals surface area contributed by atoms with E-state index in [4.69, 9.17) is 0 Å². The van der Waals surface area contributed by atoms with E-state index in [0.717, 1.165) is 21.5 Å². The van der Waals surface area contributed by atoms with Crippen molar-refractivity contribution in [3.63, 3.8) is 0 Å². The lowest BCUT2D eigenvalue weighted by atomic mass is 10.1. The van der Waals surface area contributed by atoms with Gasteiger partial charge in [0.1, 0.15) is 6.04 Å². The summed E-state index contributed by atoms with van der Waals surface area (Å²) in [7, 11) is -2.89. The molecule has 210 valence electrons. The van der Waals surface area contributed by atoms with Crippen LogP contribution in [0.5, 0.6) is 0 Å². The van der Waals surface area contributed by atoms with Crippen LogP contribution in [0.4, 0.5) is 14.5 Å². The third kappa shape index (κ3) is 5.69. The lowest BCUT2D eigenvalue weighted by molar-refractivity contribution is -0.139. The van der Waals surface area contributed by atoms with Gasteiger partial charge in [0.2, 0.25) is 5.91 Å². The van der Waals surface area contributed by atoms with E-state index in [1.54, 1.807) is 48.5 Å². The summed E-state index contributed by atoms with van der Waals surface area (Å²) in [6, 6.07) is 22.2. The zero-order valence-electron chi connectivity index (χ0n) is 22.0. The van der Waals surface area contributed by atoms with Crippen molar-refractivity contribution in [3.8, 4) is 11.1 Å². The molecule has 0 saturated carbocycles. The van der Waals surface area contributed by atoms with Gasteiger partial charge < -0.3 is 10.1 Å². The van der Waals surface area contributed by atoms with Crippen LogP contribution in [0, 0.1) is 11.6 Å². The van der Waals surface area contributed by atoms with Crippen molar-refractivity contribution in [2.75, 3.05) is 11.4 Å². The summed E-state index contributed by atoms with van der Waals surface area (Å²) >= 11 is 0. The Balaban J connectivity index is 1.37. The van der Waals surface area contributed by atoms with Crippen molar-refractivity contribution in [1.29, 1.82) is 0 Å². The maximum absolute atomic E-state index is 14.3. The highest BCUT2D eigenvalue weighted by Gasteiger charge is 2.42. The van der Waals surface area contributed by atoms with Crippen molar-refractivity contribution < 1.29 is 31.5 Å². The zero-order valence-corrected chi connectivity index (χ0v) is 22.8. The normalized spacial score (nSPS) is 14.4. The molecule has 1 aliphatic heterocycles. The van der Waals surface area contributed by atoms with E-state index >= 15 is 0 Å². The average molecular weight is 577 g/mol. The molecule has 1 atom stereocenters. The molecule has 0 radical (unpaired) electrons. The molecular weight excluding hydrogens is 550 g/mol. The fraction of sp³-hybridized carbons (Fsp3) is 0.161. The van der Waals surface area contributed by atoms with Crippen molar-refractivity contribution in [1.82, 2.24) is 5.32 Å². The Labute approximate surface area is 236 Å². The molecule has 1 aliphatic rings. The quantitative estimate of drug-likeness (QED) is 0.305. The third-order valence-electron chi connectivity index (χ3n) is 6.97. The second-order valence-electron chi connectivity index (χ2n) is 9.56. The Kier molecular flexibility index (Phi) is 7.85. The first-order valence-corrected chi connectivity index (χ1v) is 14.2. The lowest BCUT2D eigenvalue weighted by Gasteiger charge is -2.26. The summed E-state index contributed by atoms with van der Waals surface area (Å²) in [6.07, 6.45) is 0.320. The highest BCUT2D eigenvalue weighted by Crippen LogP contribution is 2.37. The van der Waals surface area contributed by atoms with Crippen LogP contribution in [0.3, 0.4) is 0 Å². The number of amides is 1. The number of nitrogens with one attached hydrogen (secondary N) is 1. The lowest BCUT2D eigenvalue weighted by Crippen LogP contribution is -2.47. The molecule has 0 aliphatic carbocycles. The molecule has 1 amide bonds. The standard InChI is InChI=1S/C31H26F2N2O5S/c1-40-29(36)17-20-9-11-21(12-10-20)19-34-31(37)28-18-23-5-2-3-8-27(23)35(28)41(38,39)24-15-13-22(14-16-24)25-6-4-7-26(32)30(25)33/h2-16,28H,17-19H2,1H3,(H,34,37)/t28-/m0/s1. The fourth-order valence-corrected chi connectivity index (χ4v) is 6.47. The van der Waals surface area contributed by atoms with Gasteiger partial charge in [-0.1, -0.05) is 66.7 Å². The molecule has 1 heterocycles. The van der Waals surface area contributed by atoms with E-state index in [2.05, 4.69) is 10.1 Å². The summed E-state index contributed by atoms with van der Waals surface area (Å²) in [5.41, 5.74) is 2.98. The number of carbonyl (C=O) groups is 2. The number of hydrogen-bond acceptors (Lipinski definition) is 5. The molecule has 41 heavy (non-hydrogen) atoms. The number of methoxy groups -OCH3 is 1. The molecule has 0 unspecified atom stereocenters. The van der Waals surface area contributed by atoms with E-state index < -0.39 is 33.6 Å². The predicted octanol–water partition coefficient (Wildman–Crippen LogP) is 4.78. The molecule has 1 N–H and O–H groups in total. The number of halogens is 2. The number of esters is 1. The number of ether oxygens (including phenoxy) is 1. The van der Waals surface area contributed by atoms with Crippen LogP contribution in [0.2, 0.25) is 0 Å². The topological polar surface area (TPSA) is 92.8 Å². The number of fused-ring (bicyclic) bond motifs is 1. The van der Waals surface area contributed by atoms with Crippen molar-refractivity contribution in [2.45, 2.75) is 30.3 Å². The second kappa shape index (κ2) is 11.5. The molecule has 7 nitrogen and oxygen atoms in total. The van der Waals surface area contributed by atoms with Gasteiger partial charge >= 0.3 is 5.97 Å². The maximum Gasteiger partial charge on any atom is 0.309 e. The maximum atomic E-state index is 14.3. The Morgan fingerprint density at radius 3 is 2.29 bits per heavy atom. The molecule has 4 aromatic carbocycles. The van der Waals surface area contributed by atoms with Gasteiger partial charge in [-0.2, -0.15) is 0 Å². The van der Waals surface area contributed by atoms with Crippen molar-refractivity contribution in [3.05, 3.63) is 119 Å². The number of carbonyl (C=O) groups excluding carboxylic acids is 2. The first kappa shape index (κ1) is 28.0. The van der Waals surface area contributed by atoms with Crippen molar-refractivity contribution in [2.24, 2.45) is 0 Å². The summed E-state index contributed by atoms with van der Waals surface area (Å²) in [5.74, 6) is -2.85. The van der Waals surface area contributed by atoms with E-state index in [-0.39, 0.29) is 35.8 Å². The SMILES string of the molecule is COC(=O)Cc1ccc(CNC(=O)[C@@H]2Cc3ccccc3N2S(=O)(=O)c2ccc(-c3cccc(F)c3F)cc2)cc1. The summed E-state index contributed by atoms with van der Waals surface area (Å²) < 4.78 is 61.6. The number of hydrogen-bond donors (Lipinski definition) is 1. The third-order valence-corrected chi connectivity index (χ3v) is 8.80. The molecule has 0 aromatic heterocycles.